The number of rotatable bonds is 11. The lowest BCUT2D eigenvalue weighted by atomic mass is 9.93. The monoisotopic (exact) mass is 642 g/mol. The summed E-state index contributed by atoms with van der Waals surface area (Å²) in [5.41, 5.74) is 0.946. The van der Waals surface area contributed by atoms with Crippen molar-refractivity contribution in [1.82, 2.24) is 30.6 Å². The molecule has 1 saturated heterocycles. The molecule has 1 aromatic heterocycles. The zero-order chi connectivity index (χ0) is 32.9. The van der Waals surface area contributed by atoms with Gasteiger partial charge in [0.15, 0.2) is 0 Å². The molecule has 2 aromatic carbocycles. The van der Waals surface area contributed by atoms with Gasteiger partial charge in [0.2, 0.25) is 17.7 Å². The largest absolute Gasteiger partial charge is 0.354 e. The van der Waals surface area contributed by atoms with Crippen LogP contribution < -0.4 is 16.2 Å². The van der Waals surface area contributed by atoms with E-state index in [9.17, 15) is 28.4 Å². The number of hydrogen-bond donors (Lipinski definition) is 3. The minimum Gasteiger partial charge on any atom is -0.354 e. The fourth-order valence-corrected chi connectivity index (χ4v) is 6.92. The molecule has 2 heterocycles. The molecule has 2 bridgehead atoms. The average Bonchev–Trinajstić information content (AvgIpc) is 3.73. The molecule has 246 valence electrons. The normalized spacial score (nSPS) is 20.1. The second-order valence-electron chi connectivity index (χ2n) is 12.6. The number of halogens is 1. The van der Waals surface area contributed by atoms with Gasteiger partial charge in [-0.1, -0.05) is 36.4 Å². The highest BCUT2D eigenvalue weighted by molar-refractivity contribution is 5.95. The third kappa shape index (κ3) is 7.42. The SMILES string of the molecule is O=C(CCCC(=O)N1CCN(C(=O)c2cc(Cc3n[nH]c(=O)c4ccccc34)ccc2F)CC1)NCCNC(=O)C1C[C@@H]2C=C[C@H]1C2. The summed E-state index contributed by atoms with van der Waals surface area (Å²) in [6.45, 7) is 1.90. The van der Waals surface area contributed by atoms with Crippen LogP contribution in [0.3, 0.4) is 0 Å². The molecule has 3 atom stereocenters. The molecule has 1 aliphatic heterocycles. The zero-order valence-electron chi connectivity index (χ0n) is 26.2. The minimum absolute atomic E-state index is 0.0398. The molecule has 3 N–H and O–H groups in total. The van der Waals surface area contributed by atoms with Crippen molar-refractivity contribution in [2.24, 2.45) is 17.8 Å². The molecule has 11 nitrogen and oxygen atoms in total. The van der Waals surface area contributed by atoms with Crippen LogP contribution in [0, 0.1) is 23.6 Å². The fourth-order valence-electron chi connectivity index (χ4n) is 6.92. The van der Waals surface area contributed by atoms with E-state index in [2.05, 4.69) is 33.0 Å². The Hall–Kier alpha value is -4.87. The second kappa shape index (κ2) is 14.3. The number of benzene rings is 2. The summed E-state index contributed by atoms with van der Waals surface area (Å²) in [6, 6.07) is 11.5. The van der Waals surface area contributed by atoms with Crippen LogP contribution in [-0.2, 0) is 20.8 Å². The molecular weight excluding hydrogens is 603 g/mol. The van der Waals surface area contributed by atoms with Gasteiger partial charge in [0.05, 0.1) is 16.6 Å². The van der Waals surface area contributed by atoms with Crippen LogP contribution >= 0.6 is 0 Å². The first kappa shape index (κ1) is 32.1. The van der Waals surface area contributed by atoms with Gasteiger partial charge in [-0.3, -0.25) is 24.0 Å². The smallest absolute Gasteiger partial charge is 0.272 e. The van der Waals surface area contributed by atoms with E-state index in [-0.39, 0.29) is 60.7 Å². The Bertz CT molecular complexity index is 1760. The van der Waals surface area contributed by atoms with Crippen LogP contribution in [0.25, 0.3) is 10.8 Å². The lowest BCUT2D eigenvalue weighted by Gasteiger charge is -2.35. The molecular formula is C35H39FN6O5. The van der Waals surface area contributed by atoms with E-state index in [1.807, 2.05) is 6.07 Å². The number of nitrogens with one attached hydrogen (secondary N) is 3. The Balaban J connectivity index is 0.914. The maximum Gasteiger partial charge on any atom is 0.272 e. The summed E-state index contributed by atoms with van der Waals surface area (Å²) in [6.07, 6.45) is 7.41. The average molecular weight is 643 g/mol. The van der Waals surface area contributed by atoms with Crippen LogP contribution in [0.15, 0.2) is 59.4 Å². The van der Waals surface area contributed by atoms with Crippen molar-refractivity contribution in [3.63, 3.8) is 0 Å². The highest BCUT2D eigenvalue weighted by Gasteiger charge is 2.39. The van der Waals surface area contributed by atoms with Crippen LogP contribution in [-0.4, -0.2) is 82.9 Å². The van der Waals surface area contributed by atoms with Crippen molar-refractivity contribution in [3.05, 3.63) is 87.6 Å². The standard InChI is InChI=1S/C35H39FN6O5/c36-29-11-9-23(21-30-25-4-1-2-5-26(25)34(46)40-39-30)20-28(29)35(47)42-16-14-41(15-17-42)32(44)7-3-6-31(43)37-12-13-38-33(45)27-19-22-8-10-24(27)18-22/h1-2,4-5,8-11,20,22,24,27H,3,6-7,12-19,21H2,(H,37,43)(H,38,45)(H,40,46)/t22-,24+,27?/m1/s1. The van der Waals surface area contributed by atoms with Crippen molar-refractivity contribution >= 4 is 34.4 Å². The van der Waals surface area contributed by atoms with Crippen LogP contribution in [0.1, 0.15) is 53.7 Å². The number of aromatic amines is 1. The van der Waals surface area contributed by atoms with E-state index in [4.69, 9.17) is 0 Å². The fraction of sp³-hybridized carbons (Fsp3) is 0.429. The number of amides is 4. The molecule has 47 heavy (non-hydrogen) atoms. The third-order valence-corrected chi connectivity index (χ3v) is 9.48. The number of fused-ring (bicyclic) bond motifs is 3. The van der Waals surface area contributed by atoms with E-state index >= 15 is 0 Å². The highest BCUT2D eigenvalue weighted by Crippen LogP contribution is 2.43. The number of hydrogen-bond acceptors (Lipinski definition) is 6. The van der Waals surface area contributed by atoms with Crippen molar-refractivity contribution in [2.75, 3.05) is 39.3 Å². The number of aromatic nitrogens is 2. The second-order valence-corrected chi connectivity index (χ2v) is 12.6. The molecule has 12 heteroatoms. The molecule has 2 fully saturated rings. The number of carbonyl (C=O) groups is 4. The van der Waals surface area contributed by atoms with Crippen LogP contribution in [0.2, 0.25) is 0 Å². The molecule has 3 aromatic rings. The Kier molecular flexibility index (Phi) is 9.74. The predicted molar refractivity (Wildman–Crippen MR) is 173 cm³/mol. The summed E-state index contributed by atoms with van der Waals surface area (Å²) in [5.74, 6) is -0.375. The number of H-pyrrole nitrogens is 1. The molecule has 1 unspecified atom stereocenters. The lowest BCUT2D eigenvalue weighted by molar-refractivity contribution is -0.133. The maximum atomic E-state index is 14.8. The van der Waals surface area contributed by atoms with Gasteiger partial charge in [0.1, 0.15) is 5.82 Å². The van der Waals surface area contributed by atoms with Gasteiger partial charge in [-0.05, 0) is 54.9 Å². The lowest BCUT2D eigenvalue weighted by Crippen LogP contribution is -2.50. The van der Waals surface area contributed by atoms with Gasteiger partial charge in [0.25, 0.3) is 11.5 Å². The minimum atomic E-state index is -0.629. The topological polar surface area (TPSA) is 145 Å². The summed E-state index contributed by atoms with van der Waals surface area (Å²) in [7, 11) is 0. The van der Waals surface area contributed by atoms with Crippen molar-refractivity contribution in [3.8, 4) is 0 Å². The quantitative estimate of drug-likeness (QED) is 0.217. The zero-order valence-corrected chi connectivity index (χ0v) is 26.2. The van der Waals surface area contributed by atoms with Crippen molar-refractivity contribution in [2.45, 2.75) is 38.5 Å². The number of allylic oxidation sites excluding steroid dienone is 2. The van der Waals surface area contributed by atoms with Gasteiger partial charge in [-0.25, -0.2) is 9.49 Å². The van der Waals surface area contributed by atoms with Gasteiger partial charge in [0, 0.05) is 69.8 Å². The van der Waals surface area contributed by atoms with Gasteiger partial charge < -0.3 is 20.4 Å². The predicted octanol–water partition coefficient (Wildman–Crippen LogP) is 2.55. The number of nitrogens with zero attached hydrogens (tertiary/aromatic N) is 3. The molecule has 1 saturated carbocycles. The maximum absolute atomic E-state index is 14.8. The van der Waals surface area contributed by atoms with Gasteiger partial charge in [-0.15, -0.1) is 0 Å². The Morgan fingerprint density at radius 2 is 1.64 bits per heavy atom. The number of piperazine rings is 1. The Morgan fingerprint density at radius 1 is 0.894 bits per heavy atom. The molecule has 2 aliphatic carbocycles. The van der Waals surface area contributed by atoms with E-state index < -0.39 is 11.7 Å². The molecule has 0 radical (unpaired) electrons. The first-order valence-electron chi connectivity index (χ1n) is 16.3. The van der Waals surface area contributed by atoms with E-state index in [1.165, 1.54) is 12.1 Å². The van der Waals surface area contributed by atoms with Crippen molar-refractivity contribution < 1.29 is 23.6 Å². The Morgan fingerprint density at radius 3 is 2.38 bits per heavy atom. The van der Waals surface area contributed by atoms with Crippen LogP contribution in [0.5, 0.6) is 0 Å². The molecule has 6 rings (SSSR count). The van der Waals surface area contributed by atoms with Gasteiger partial charge in [-0.2, -0.15) is 5.10 Å². The molecule has 3 aliphatic rings. The first-order valence-corrected chi connectivity index (χ1v) is 16.3. The first-order chi connectivity index (χ1) is 22.8. The summed E-state index contributed by atoms with van der Waals surface area (Å²) >= 11 is 0. The Labute approximate surface area is 271 Å². The van der Waals surface area contributed by atoms with Crippen molar-refractivity contribution in [1.29, 1.82) is 0 Å². The summed E-state index contributed by atoms with van der Waals surface area (Å²) < 4.78 is 14.8. The van der Waals surface area contributed by atoms with Gasteiger partial charge >= 0.3 is 0 Å². The number of carbonyl (C=O) groups excluding carboxylic acids is 4. The molecule has 4 amide bonds. The third-order valence-electron chi connectivity index (χ3n) is 9.48. The van der Waals surface area contributed by atoms with Crippen LogP contribution in [0.4, 0.5) is 4.39 Å². The highest BCUT2D eigenvalue weighted by atomic mass is 19.1. The summed E-state index contributed by atoms with van der Waals surface area (Å²) in [4.78, 5) is 66.0. The van der Waals surface area contributed by atoms with E-state index in [1.54, 1.807) is 34.1 Å². The van der Waals surface area contributed by atoms with E-state index in [0.717, 1.165) is 12.8 Å². The summed E-state index contributed by atoms with van der Waals surface area (Å²) in [5, 5.41) is 13.6. The molecule has 0 spiro atoms. The van der Waals surface area contributed by atoms with E-state index in [0.29, 0.717) is 72.9 Å².